The van der Waals surface area contributed by atoms with Crippen LogP contribution in [0.3, 0.4) is 0 Å². The summed E-state index contributed by atoms with van der Waals surface area (Å²) in [6.45, 7) is 8.40. The predicted octanol–water partition coefficient (Wildman–Crippen LogP) is 8.47. The van der Waals surface area contributed by atoms with E-state index in [1.165, 1.54) is 148 Å². The summed E-state index contributed by atoms with van der Waals surface area (Å²) >= 11 is 0. The number of carbonyl (C=O) groups is 1. The second-order valence-corrected chi connectivity index (χ2v) is 10.1. The van der Waals surface area contributed by atoms with E-state index in [2.05, 4.69) is 20.8 Å². The number of hydrogen-bond acceptors (Lipinski definition) is 1. The van der Waals surface area contributed by atoms with Crippen LogP contribution < -0.4 is 29.6 Å². The molecule has 0 aliphatic carbocycles. The smallest absolute Gasteiger partial charge is 0.481 e. The molecular formula is C31H63NaO2. The second kappa shape index (κ2) is 38.0. The van der Waals surface area contributed by atoms with Gasteiger partial charge < -0.3 is 12.0 Å². The van der Waals surface area contributed by atoms with Gasteiger partial charge in [0.05, 0.1) is 0 Å². The third-order valence-corrected chi connectivity index (χ3v) is 6.60. The molecule has 0 aliphatic heterocycles. The van der Waals surface area contributed by atoms with Gasteiger partial charge in [-0.1, -0.05) is 168 Å². The minimum Gasteiger partial charge on any atom is -0.481 e. The number of unbranched alkanes of at least 4 members (excludes halogenated alkanes) is 24. The van der Waals surface area contributed by atoms with Crippen molar-refractivity contribution in [2.75, 3.05) is 0 Å². The van der Waals surface area contributed by atoms with Crippen molar-refractivity contribution in [3.8, 4) is 0 Å². The Morgan fingerprint density at radius 2 is 0.706 bits per heavy atom. The molecule has 0 heterocycles. The summed E-state index contributed by atoms with van der Waals surface area (Å²) in [6, 6.07) is 0. The first-order valence-electron chi connectivity index (χ1n) is 15.2. The van der Waals surface area contributed by atoms with Gasteiger partial charge in [-0.3, -0.25) is 4.79 Å². The third-order valence-electron chi connectivity index (χ3n) is 6.60. The van der Waals surface area contributed by atoms with Gasteiger partial charge in [-0.25, -0.2) is 0 Å². The zero-order valence-electron chi connectivity index (χ0n) is 24.2. The first-order valence-corrected chi connectivity index (χ1v) is 15.2. The summed E-state index contributed by atoms with van der Waals surface area (Å²) in [6.07, 6.45) is 35.6. The molecule has 0 rings (SSSR count). The Morgan fingerprint density at radius 3 is 0.941 bits per heavy atom. The molecule has 3 heteroatoms. The van der Waals surface area contributed by atoms with Crippen molar-refractivity contribution in [2.45, 2.75) is 187 Å². The standard InChI is InChI=1S/C18H36O2.C13H27.Na/c1-2-3-4-5-6-7-8-9-10-11-12-13-14-15-16-17-18(19)20;1-3-5-7-9-11-13-12-10-8-6-4-2;/h2-17H2,1H3,(H,19,20);1,3-13H2,2H3;/q;-1;+1. The Morgan fingerprint density at radius 1 is 0.471 bits per heavy atom. The molecule has 0 saturated carbocycles. The normalized spacial score (nSPS) is 10.4. The van der Waals surface area contributed by atoms with Crippen LogP contribution in [0.2, 0.25) is 0 Å². The molecule has 0 aromatic rings. The molecule has 2 nitrogen and oxygen atoms in total. The number of aliphatic carboxylic acids is 1. The molecule has 0 aromatic heterocycles. The molecule has 0 aromatic carbocycles. The molecule has 0 bridgehead atoms. The van der Waals surface area contributed by atoms with Gasteiger partial charge in [-0.05, 0) is 6.42 Å². The molecule has 0 saturated heterocycles. The van der Waals surface area contributed by atoms with E-state index in [1.807, 2.05) is 0 Å². The summed E-state index contributed by atoms with van der Waals surface area (Å²) in [4.78, 5) is 10.3. The van der Waals surface area contributed by atoms with Crippen LogP contribution in [-0.4, -0.2) is 11.1 Å². The molecular weight excluding hydrogens is 427 g/mol. The number of rotatable bonds is 26. The minimum absolute atomic E-state index is 0. The van der Waals surface area contributed by atoms with Crippen LogP contribution in [0.25, 0.3) is 0 Å². The fraction of sp³-hybridized carbons (Fsp3) is 0.935. The minimum atomic E-state index is -0.653. The van der Waals surface area contributed by atoms with Crippen molar-refractivity contribution in [3.63, 3.8) is 0 Å². The van der Waals surface area contributed by atoms with Crippen LogP contribution >= 0.6 is 0 Å². The van der Waals surface area contributed by atoms with Crippen LogP contribution in [-0.2, 0) is 4.79 Å². The Hall–Kier alpha value is 0.470. The molecule has 1 N–H and O–H groups in total. The van der Waals surface area contributed by atoms with E-state index in [9.17, 15) is 4.79 Å². The molecule has 34 heavy (non-hydrogen) atoms. The van der Waals surface area contributed by atoms with E-state index in [0.29, 0.717) is 6.42 Å². The predicted molar refractivity (Wildman–Crippen MR) is 149 cm³/mol. The van der Waals surface area contributed by atoms with E-state index in [0.717, 1.165) is 19.3 Å². The van der Waals surface area contributed by atoms with Crippen LogP contribution in [0.4, 0.5) is 0 Å². The third kappa shape index (κ3) is 42.6. The van der Waals surface area contributed by atoms with Crippen LogP contribution in [0.5, 0.6) is 0 Å². The van der Waals surface area contributed by atoms with Gasteiger partial charge in [0.2, 0.25) is 0 Å². The average molecular weight is 491 g/mol. The summed E-state index contributed by atoms with van der Waals surface area (Å²) in [7, 11) is 0. The first-order chi connectivity index (χ1) is 16.2. The topological polar surface area (TPSA) is 37.3 Å². The van der Waals surface area contributed by atoms with Gasteiger partial charge in [-0.15, -0.1) is 0 Å². The van der Waals surface area contributed by atoms with E-state index in [4.69, 9.17) is 5.11 Å². The monoisotopic (exact) mass is 490 g/mol. The maximum absolute atomic E-state index is 10.3. The Bertz CT molecular complexity index is 336. The van der Waals surface area contributed by atoms with Gasteiger partial charge in [0.1, 0.15) is 0 Å². The van der Waals surface area contributed by atoms with Crippen LogP contribution in [0.1, 0.15) is 187 Å². The zero-order chi connectivity index (χ0) is 24.7. The van der Waals surface area contributed by atoms with Gasteiger partial charge in [0, 0.05) is 6.42 Å². The number of carboxylic acids is 1. The maximum Gasteiger partial charge on any atom is 1.00 e. The fourth-order valence-corrected chi connectivity index (χ4v) is 4.31. The maximum atomic E-state index is 10.3. The summed E-state index contributed by atoms with van der Waals surface area (Å²) in [5.41, 5.74) is 0. The largest absolute Gasteiger partial charge is 1.00 e. The molecule has 0 radical (unpaired) electrons. The molecule has 0 spiro atoms. The fourth-order valence-electron chi connectivity index (χ4n) is 4.31. The Labute approximate surface area is 238 Å². The van der Waals surface area contributed by atoms with Crippen molar-refractivity contribution >= 4 is 5.97 Å². The van der Waals surface area contributed by atoms with Gasteiger partial charge >= 0.3 is 35.5 Å². The van der Waals surface area contributed by atoms with Crippen molar-refractivity contribution < 1.29 is 39.5 Å². The van der Waals surface area contributed by atoms with Gasteiger partial charge in [0.15, 0.2) is 0 Å². The molecule has 200 valence electrons. The molecule has 0 amide bonds. The zero-order valence-corrected chi connectivity index (χ0v) is 26.2. The SMILES string of the molecule is CCCCCCCCCCCCCCCCCC(=O)O.[CH2-]CCCCCCCCCCCC.[Na+]. The van der Waals surface area contributed by atoms with Crippen LogP contribution in [0.15, 0.2) is 0 Å². The quantitative estimate of drug-likeness (QED) is 0.0750. The van der Waals surface area contributed by atoms with Gasteiger partial charge in [0.25, 0.3) is 0 Å². The van der Waals surface area contributed by atoms with E-state index >= 15 is 0 Å². The Balaban J connectivity index is -0.000000598. The van der Waals surface area contributed by atoms with Crippen molar-refractivity contribution in [1.29, 1.82) is 0 Å². The van der Waals surface area contributed by atoms with E-state index in [1.54, 1.807) is 0 Å². The van der Waals surface area contributed by atoms with E-state index < -0.39 is 5.97 Å². The number of carboxylic acid groups (broad SMARTS) is 1. The Kier molecular flexibility index (Phi) is 43.6. The molecule has 0 unspecified atom stereocenters. The molecule has 0 atom stereocenters. The second-order valence-electron chi connectivity index (χ2n) is 10.1. The molecule has 0 fully saturated rings. The van der Waals surface area contributed by atoms with Gasteiger partial charge in [-0.2, -0.15) is 6.42 Å². The van der Waals surface area contributed by atoms with E-state index in [-0.39, 0.29) is 29.6 Å². The van der Waals surface area contributed by atoms with Crippen molar-refractivity contribution in [3.05, 3.63) is 6.92 Å². The number of hydrogen-bond donors (Lipinski definition) is 1. The van der Waals surface area contributed by atoms with Crippen molar-refractivity contribution in [1.82, 2.24) is 0 Å². The summed E-state index contributed by atoms with van der Waals surface area (Å²) in [5.74, 6) is -0.653. The summed E-state index contributed by atoms with van der Waals surface area (Å²) in [5, 5.41) is 8.52. The average Bonchev–Trinajstić information content (AvgIpc) is 2.81. The van der Waals surface area contributed by atoms with Crippen molar-refractivity contribution in [2.24, 2.45) is 0 Å². The van der Waals surface area contributed by atoms with Crippen LogP contribution in [0, 0.1) is 6.92 Å². The molecule has 0 aliphatic rings. The summed E-state index contributed by atoms with van der Waals surface area (Å²) < 4.78 is 0. The first kappa shape index (κ1) is 39.0.